The maximum atomic E-state index is 11.8. The van der Waals surface area contributed by atoms with Gasteiger partial charge in [-0.25, -0.2) is 9.59 Å². The van der Waals surface area contributed by atoms with Crippen LogP contribution in [-0.4, -0.2) is 33.3 Å². The molecule has 2 rings (SSSR count). The van der Waals surface area contributed by atoms with Gasteiger partial charge in [0, 0.05) is 0 Å². The lowest BCUT2D eigenvalue weighted by atomic mass is 10.2. The van der Waals surface area contributed by atoms with Crippen molar-refractivity contribution >= 4 is 17.0 Å². The van der Waals surface area contributed by atoms with Crippen LogP contribution in [0.25, 0.3) is 11.0 Å². The van der Waals surface area contributed by atoms with E-state index < -0.39 is 5.97 Å². The van der Waals surface area contributed by atoms with E-state index in [0.717, 1.165) is 0 Å². The van der Waals surface area contributed by atoms with Crippen molar-refractivity contribution in [2.24, 2.45) is 0 Å². The second-order valence-electron chi connectivity index (χ2n) is 4.51. The van der Waals surface area contributed by atoms with Crippen molar-refractivity contribution in [3.8, 4) is 0 Å². The molecule has 0 saturated carbocycles. The Balaban J connectivity index is 2.44. The fourth-order valence-corrected chi connectivity index (χ4v) is 1.99. The number of carboxylic acid groups (broad SMARTS) is 1. The first-order chi connectivity index (χ1) is 9.00. The van der Waals surface area contributed by atoms with Gasteiger partial charge in [0.15, 0.2) is 0 Å². The predicted molar refractivity (Wildman–Crippen MR) is 70.6 cm³/mol. The van der Waals surface area contributed by atoms with Crippen molar-refractivity contribution in [1.82, 2.24) is 9.55 Å². The monoisotopic (exact) mass is 264 g/mol. The first-order valence-corrected chi connectivity index (χ1v) is 6.07. The number of carbonyl (C=O) groups is 1. The average Bonchev–Trinajstić information content (AvgIpc) is 2.65. The molecule has 6 heteroatoms. The van der Waals surface area contributed by atoms with Gasteiger partial charge in [-0.15, -0.1) is 0 Å². The third kappa shape index (κ3) is 2.68. The molecule has 0 aliphatic carbocycles. The van der Waals surface area contributed by atoms with E-state index in [2.05, 4.69) is 4.98 Å². The van der Waals surface area contributed by atoms with Crippen molar-refractivity contribution in [3.05, 3.63) is 34.2 Å². The molecule has 0 unspecified atom stereocenters. The van der Waals surface area contributed by atoms with Crippen LogP contribution in [0.15, 0.2) is 23.0 Å². The maximum Gasteiger partial charge on any atom is 0.337 e. The van der Waals surface area contributed by atoms with E-state index >= 15 is 0 Å². The highest BCUT2D eigenvalue weighted by Gasteiger charge is 2.15. The van der Waals surface area contributed by atoms with Crippen LogP contribution in [0, 0.1) is 0 Å². The largest absolute Gasteiger partial charge is 0.478 e. The van der Waals surface area contributed by atoms with E-state index in [1.54, 1.807) is 12.1 Å². The molecule has 2 N–H and O–H groups in total. The minimum atomic E-state index is -1.05. The van der Waals surface area contributed by atoms with Gasteiger partial charge in [-0.2, -0.15) is 0 Å². The summed E-state index contributed by atoms with van der Waals surface area (Å²) in [5.41, 5.74) is 0.721. The number of para-hydroxylation sites is 1. The van der Waals surface area contributed by atoms with Crippen LogP contribution in [0.3, 0.4) is 0 Å². The molecule has 0 atom stereocenters. The lowest BCUT2D eigenvalue weighted by molar-refractivity contribution is 0.0691. The number of H-pyrrole nitrogens is 1. The molecule has 0 amide bonds. The number of benzene rings is 1. The molecule has 1 aromatic heterocycles. The summed E-state index contributed by atoms with van der Waals surface area (Å²) in [6.45, 7) is 4.49. The Morgan fingerprint density at radius 3 is 2.84 bits per heavy atom. The zero-order valence-electron chi connectivity index (χ0n) is 10.8. The Morgan fingerprint density at radius 2 is 2.21 bits per heavy atom. The van der Waals surface area contributed by atoms with Crippen LogP contribution >= 0.6 is 0 Å². The van der Waals surface area contributed by atoms with Crippen molar-refractivity contribution < 1.29 is 14.6 Å². The molecule has 0 spiro atoms. The number of imidazole rings is 1. The Hall–Kier alpha value is -2.08. The number of aromatic amines is 1. The molecular weight excluding hydrogens is 248 g/mol. The third-order valence-electron chi connectivity index (χ3n) is 2.79. The van der Waals surface area contributed by atoms with Gasteiger partial charge in [-0.1, -0.05) is 6.07 Å². The number of nitrogens with zero attached hydrogens (tertiary/aromatic N) is 1. The lowest BCUT2D eigenvalue weighted by Crippen LogP contribution is -2.21. The summed E-state index contributed by atoms with van der Waals surface area (Å²) in [6.07, 6.45) is 0.0693. The Morgan fingerprint density at radius 1 is 1.47 bits per heavy atom. The molecular formula is C13H16N2O4. The molecule has 2 aromatic rings. The van der Waals surface area contributed by atoms with Crippen molar-refractivity contribution in [1.29, 1.82) is 0 Å². The Kier molecular flexibility index (Phi) is 3.71. The van der Waals surface area contributed by atoms with Crippen LogP contribution in [0.4, 0.5) is 0 Å². The summed E-state index contributed by atoms with van der Waals surface area (Å²) >= 11 is 0. The topological polar surface area (TPSA) is 84.3 Å². The van der Waals surface area contributed by atoms with Gasteiger partial charge in [0.2, 0.25) is 0 Å². The number of nitrogens with one attached hydrogen (secondary N) is 1. The molecule has 0 fully saturated rings. The number of rotatable bonds is 5. The highest BCUT2D eigenvalue weighted by atomic mass is 16.5. The molecule has 0 radical (unpaired) electrons. The lowest BCUT2D eigenvalue weighted by Gasteiger charge is -2.09. The summed E-state index contributed by atoms with van der Waals surface area (Å²) in [4.78, 5) is 25.7. The second-order valence-corrected chi connectivity index (χ2v) is 4.51. The van der Waals surface area contributed by atoms with Crippen LogP contribution in [0.5, 0.6) is 0 Å². The quantitative estimate of drug-likeness (QED) is 0.856. The van der Waals surface area contributed by atoms with Crippen LogP contribution in [-0.2, 0) is 11.3 Å². The molecule has 0 bridgehead atoms. The number of aromatic carboxylic acids is 1. The van der Waals surface area contributed by atoms with Crippen LogP contribution in [0.1, 0.15) is 24.2 Å². The zero-order valence-corrected chi connectivity index (χ0v) is 10.8. The summed E-state index contributed by atoms with van der Waals surface area (Å²) in [5.74, 6) is -1.05. The van der Waals surface area contributed by atoms with E-state index in [0.29, 0.717) is 24.2 Å². The molecule has 19 heavy (non-hydrogen) atoms. The maximum absolute atomic E-state index is 11.8. The molecule has 6 nitrogen and oxygen atoms in total. The van der Waals surface area contributed by atoms with Crippen LogP contribution < -0.4 is 5.69 Å². The first-order valence-electron chi connectivity index (χ1n) is 6.07. The predicted octanol–water partition coefficient (Wildman–Crippen LogP) is 1.45. The number of aromatic nitrogens is 2. The number of fused-ring (bicyclic) bond motifs is 1. The van der Waals surface area contributed by atoms with E-state index in [-0.39, 0.29) is 17.4 Å². The van der Waals surface area contributed by atoms with Gasteiger partial charge >= 0.3 is 11.7 Å². The number of hydrogen-bond donors (Lipinski definition) is 2. The first kappa shape index (κ1) is 13.4. The van der Waals surface area contributed by atoms with Crippen molar-refractivity contribution in [2.75, 3.05) is 6.61 Å². The van der Waals surface area contributed by atoms with E-state index in [4.69, 9.17) is 9.84 Å². The molecule has 102 valence electrons. The van der Waals surface area contributed by atoms with E-state index in [9.17, 15) is 9.59 Å². The molecule has 1 heterocycles. The molecule has 0 saturated heterocycles. The molecule has 0 aliphatic heterocycles. The normalized spacial score (nSPS) is 11.3. The van der Waals surface area contributed by atoms with Gasteiger partial charge in [-0.3, -0.25) is 4.57 Å². The fourth-order valence-electron chi connectivity index (χ4n) is 1.99. The highest BCUT2D eigenvalue weighted by Crippen LogP contribution is 2.16. The van der Waals surface area contributed by atoms with Gasteiger partial charge in [0.25, 0.3) is 0 Å². The zero-order chi connectivity index (χ0) is 14.0. The summed E-state index contributed by atoms with van der Waals surface area (Å²) < 4.78 is 6.80. The van der Waals surface area contributed by atoms with E-state index in [1.165, 1.54) is 10.6 Å². The fraction of sp³-hybridized carbons (Fsp3) is 0.385. The van der Waals surface area contributed by atoms with Crippen molar-refractivity contribution in [3.63, 3.8) is 0 Å². The van der Waals surface area contributed by atoms with Crippen molar-refractivity contribution in [2.45, 2.75) is 26.5 Å². The summed E-state index contributed by atoms with van der Waals surface area (Å²) in [6, 6.07) is 4.78. The minimum absolute atomic E-state index is 0.0693. The van der Waals surface area contributed by atoms with Gasteiger partial charge in [-0.05, 0) is 26.0 Å². The minimum Gasteiger partial charge on any atom is -0.478 e. The molecule has 1 aromatic carbocycles. The third-order valence-corrected chi connectivity index (χ3v) is 2.79. The number of ether oxygens (including phenoxy) is 1. The smallest absolute Gasteiger partial charge is 0.337 e. The van der Waals surface area contributed by atoms with Crippen LogP contribution in [0.2, 0.25) is 0 Å². The SMILES string of the molecule is CC(C)OCCn1c(=O)[nH]c2cccc(C(=O)O)c21. The van der Waals surface area contributed by atoms with Gasteiger partial charge in [0.1, 0.15) is 0 Å². The highest BCUT2D eigenvalue weighted by molar-refractivity contribution is 6.01. The van der Waals surface area contributed by atoms with Gasteiger partial charge in [0.05, 0.1) is 35.9 Å². The second kappa shape index (κ2) is 5.27. The Bertz CT molecular complexity index is 654. The standard InChI is InChI=1S/C13H16N2O4/c1-8(2)19-7-6-15-11-9(12(16)17)4-3-5-10(11)14-13(15)18/h3-5,8H,6-7H2,1-2H3,(H,14,18)(H,16,17). The summed E-state index contributed by atoms with van der Waals surface area (Å²) in [7, 11) is 0. The van der Waals surface area contributed by atoms with E-state index in [1.807, 2.05) is 13.8 Å². The number of carboxylic acids is 1. The average molecular weight is 264 g/mol. The van der Waals surface area contributed by atoms with Gasteiger partial charge < -0.3 is 14.8 Å². The Labute approximate surface area is 109 Å². The number of hydrogen-bond acceptors (Lipinski definition) is 3. The summed E-state index contributed by atoms with van der Waals surface area (Å²) in [5, 5.41) is 9.17. The molecule has 0 aliphatic rings.